The summed E-state index contributed by atoms with van der Waals surface area (Å²) in [4.78, 5) is 5.50. The van der Waals surface area contributed by atoms with Gasteiger partial charge in [0.05, 0.1) is 0 Å². The summed E-state index contributed by atoms with van der Waals surface area (Å²) in [6.07, 6.45) is 0. The van der Waals surface area contributed by atoms with E-state index in [9.17, 15) is 0 Å². The van der Waals surface area contributed by atoms with Gasteiger partial charge in [-0.3, -0.25) is 0 Å². The summed E-state index contributed by atoms with van der Waals surface area (Å²) in [5.74, 6) is 1.39. The van der Waals surface area contributed by atoms with Crippen molar-refractivity contribution in [2.45, 2.75) is 193 Å². The fourth-order valence-electron chi connectivity index (χ4n) is 12.0. The van der Waals surface area contributed by atoms with Crippen molar-refractivity contribution < 1.29 is 0 Å². The first-order valence-corrected chi connectivity index (χ1v) is 53.2. The molecule has 0 bridgehead atoms. The van der Waals surface area contributed by atoms with Gasteiger partial charge in [-0.05, 0) is 0 Å². The standard InChI is InChI=1S/C49H87GeNS2Si6/c1-34(2)37-30-40(35(3)4)44(41(31-37)36(5)6)50(52-49(53-50)51-39-28-26-25-27-29-39)45-42(47(56(13,14)15)57(16,17)18)32-38(46(54(7,8)9)55(10,11)12)33-43(45)48(58(19,20)21)59(22,23)24/h25-36,46-48H,1-24H3. The van der Waals surface area contributed by atoms with Crippen LogP contribution < -0.4 is 8.79 Å². The fourth-order valence-corrected chi connectivity index (χ4v) is 75.1. The van der Waals surface area contributed by atoms with Crippen molar-refractivity contribution in [3.05, 3.63) is 88.0 Å². The monoisotopic (exact) mass is 995 g/mol. The molecule has 0 aromatic heterocycles. The Labute approximate surface area is 380 Å². The summed E-state index contributed by atoms with van der Waals surface area (Å²) in [5.41, 5.74) is 11.3. The van der Waals surface area contributed by atoms with E-state index in [2.05, 4.69) is 234 Å². The Balaban J connectivity index is 2.49. The summed E-state index contributed by atoms with van der Waals surface area (Å²) in [7, 11) is -9.06. The molecule has 0 saturated carbocycles. The van der Waals surface area contributed by atoms with Crippen LogP contribution in [-0.4, -0.2) is 63.8 Å². The molecule has 0 atom stereocenters. The molecule has 1 aliphatic heterocycles. The van der Waals surface area contributed by atoms with E-state index in [0.29, 0.717) is 33.2 Å². The average Bonchev–Trinajstić information content (AvgIpc) is 2.98. The van der Waals surface area contributed by atoms with E-state index >= 15 is 0 Å². The van der Waals surface area contributed by atoms with Gasteiger partial charge < -0.3 is 0 Å². The van der Waals surface area contributed by atoms with Crippen LogP contribution in [-0.2, 0) is 0 Å². The topological polar surface area (TPSA) is 12.4 Å². The van der Waals surface area contributed by atoms with Crippen molar-refractivity contribution in [2.24, 2.45) is 4.99 Å². The predicted octanol–water partition coefficient (Wildman–Crippen LogP) is 16.3. The zero-order chi connectivity index (χ0) is 45.2. The van der Waals surface area contributed by atoms with Crippen molar-refractivity contribution >= 4 is 98.5 Å². The Morgan fingerprint density at radius 1 is 0.407 bits per heavy atom. The normalized spacial score (nSPS) is 17.6. The van der Waals surface area contributed by atoms with Gasteiger partial charge in [0, 0.05) is 0 Å². The average molecular weight is 996 g/mol. The predicted molar refractivity (Wildman–Crippen MR) is 297 cm³/mol. The first-order valence-electron chi connectivity index (χ1n) is 22.9. The molecule has 0 amide bonds. The van der Waals surface area contributed by atoms with Gasteiger partial charge in [0.2, 0.25) is 0 Å². The van der Waals surface area contributed by atoms with Crippen molar-refractivity contribution in [1.82, 2.24) is 0 Å². The molecule has 0 radical (unpaired) electrons. The molecule has 1 aliphatic rings. The summed E-state index contributed by atoms with van der Waals surface area (Å²) in [5, 5.41) is 2.03. The van der Waals surface area contributed by atoms with Gasteiger partial charge in [-0.1, -0.05) is 0 Å². The number of hydrogen-bond donors (Lipinski definition) is 0. The number of para-hydroxylation sites is 1. The van der Waals surface area contributed by atoms with E-state index in [-0.39, 0.29) is 0 Å². The second kappa shape index (κ2) is 18.0. The Morgan fingerprint density at radius 2 is 0.729 bits per heavy atom. The zero-order valence-electron chi connectivity index (χ0n) is 42.4. The van der Waals surface area contributed by atoms with E-state index in [4.69, 9.17) is 4.99 Å². The van der Waals surface area contributed by atoms with E-state index < -0.39 is 59.4 Å². The van der Waals surface area contributed by atoms with Gasteiger partial charge in [-0.15, -0.1) is 0 Å². The fraction of sp³-hybridized carbons (Fsp3) is 0.612. The van der Waals surface area contributed by atoms with Gasteiger partial charge in [-0.2, -0.15) is 0 Å². The van der Waals surface area contributed by atoms with E-state index in [1.165, 1.54) is 9.94 Å². The zero-order valence-corrected chi connectivity index (χ0v) is 52.2. The summed E-state index contributed by atoms with van der Waals surface area (Å²) in [6.45, 7) is 63.7. The molecule has 1 nitrogen and oxygen atoms in total. The molecule has 1 fully saturated rings. The minimum atomic E-state index is -3.47. The first-order chi connectivity index (χ1) is 26.5. The third-order valence-electron chi connectivity index (χ3n) is 12.6. The van der Waals surface area contributed by atoms with Gasteiger partial charge in [0.15, 0.2) is 0 Å². The van der Waals surface area contributed by atoms with Crippen LogP contribution in [0.4, 0.5) is 5.69 Å². The van der Waals surface area contributed by atoms with Crippen LogP contribution in [0.2, 0.25) is 118 Å². The third-order valence-corrected chi connectivity index (χ3v) is 62.0. The number of benzene rings is 3. The first kappa shape index (κ1) is 51.5. The molecule has 59 heavy (non-hydrogen) atoms. The molecule has 10 heteroatoms. The molecule has 0 N–H and O–H groups in total. The van der Waals surface area contributed by atoms with Crippen LogP contribution in [0.3, 0.4) is 0 Å². The summed E-state index contributed by atoms with van der Waals surface area (Å²) < 4.78 is 5.00. The van der Waals surface area contributed by atoms with Crippen molar-refractivity contribution in [2.75, 3.05) is 0 Å². The van der Waals surface area contributed by atoms with E-state index in [1.807, 2.05) is 15.5 Å². The van der Waals surface area contributed by atoms with Crippen LogP contribution >= 0.6 is 20.2 Å². The van der Waals surface area contributed by atoms with Gasteiger partial charge in [0.25, 0.3) is 0 Å². The second-order valence-electron chi connectivity index (χ2n) is 25.6. The van der Waals surface area contributed by atoms with Crippen LogP contribution in [0.25, 0.3) is 0 Å². The number of rotatable bonds is 15. The molecule has 0 spiro atoms. The third kappa shape index (κ3) is 11.4. The van der Waals surface area contributed by atoms with Gasteiger partial charge in [0.1, 0.15) is 0 Å². The van der Waals surface area contributed by atoms with Crippen LogP contribution in [0, 0.1) is 0 Å². The van der Waals surface area contributed by atoms with Crippen molar-refractivity contribution in [3.63, 3.8) is 0 Å². The molecular formula is C49H87GeNS2Si6. The van der Waals surface area contributed by atoms with Crippen LogP contribution in [0.1, 0.15) is 108 Å². The Kier molecular flexibility index (Phi) is 15.7. The number of nitrogens with zero attached hydrogens (tertiary/aromatic N) is 1. The molecule has 1 heterocycles. The molecule has 3 aromatic rings. The van der Waals surface area contributed by atoms with Gasteiger partial charge in [-0.25, -0.2) is 0 Å². The van der Waals surface area contributed by atoms with Crippen molar-refractivity contribution in [3.8, 4) is 0 Å². The van der Waals surface area contributed by atoms with E-state index in [1.54, 1.807) is 21.1 Å². The molecule has 3 aromatic carbocycles. The minimum absolute atomic E-state index is 0.448. The SMILES string of the molecule is CC(C)c1cc(C(C)C)[c]([Ge]2([c]3c(C([Si](C)(C)C)[Si](C)(C)C)cc(C([Si](C)(C)C)[Si](C)(C)C)cc3C([Si](C)(C)C)[Si](C)(C)C)[S]C(=Nc3ccccc3)[S]2)c(C(C)C)c1. The molecule has 1 saturated heterocycles. The number of aliphatic imine (C=N–C) groups is 1. The Hall–Kier alpha value is -0.126. The van der Waals surface area contributed by atoms with E-state index in [0.717, 1.165) is 5.69 Å². The maximum atomic E-state index is 5.50. The molecule has 328 valence electrons. The Bertz CT molecular complexity index is 1850. The molecule has 0 aliphatic carbocycles. The molecule has 0 unspecified atom stereocenters. The maximum absolute atomic E-state index is 5.50. The van der Waals surface area contributed by atoms with Crippen LogP contribution in [0.15, 0.2) is 59.6 Å². The second-order valence-corrected chi connectivity index (χ2v) is 75.6. The molecular weight excluding hydrogens is 908 g/mol. The summed E-state index contributed by atoms with van der Waals surface area (Å²) in [6, 6.07) is 22.1. The molecule has 4 rings (SSSR count). The van der Waals surface area contributed by atoms with Crippen LogP contribution in [0.5, 0.6) is 0 Å². The van der Waals surface area contributed by atoms with Crippen molar-refractivity contribution in [1.29, 1.82) is 0 Å². The number of hydrogen-bond acceptors (Lipinski definition) is 3. The van der Waals surface area contributed by atoms with Gasteiger partial charge >= 0.3 is 384 Å². The Morgan fingerprint density at radius 3 is 1.03 bits per heavy atom. The quantitative estimate of drug-likeness (QED) is 0.141. The summed E-state index contributed by atoms with van der Waals surface area (Å²) >= 11 is 0.